The van der Waals surface area contributed by atoms with Crippen molar-refractivity contribution in [1.29, 1.82) is 10.5 Å². The van der Waals surface area contributed by atoms with Crippen molar-refractivity contribution in [2.75, 3.05) is 11.4 Å². The maximum Gasteiger partial charge on any atom is 0.418 e. The predicted molar refractivity (Wildman–Crippen MR) is 80.9 cm³/mol. The Morgan fingerprint density at radius 3 is 2.39 bits per heavy atom. The van der Waals surface area contributed by atoms with Crippen LogP contribution < -0.4 is 4.90 Å². The first-order valence-corrected chi connectivity index (χ1v) is 6.80. The minimum atomic E-state index is -4.78. The summed E-state index contributed by atoms with van der Waals surface area (Å²) in [6, 6.07) is 9.94. The van der Waals surface area contributed by atoms with Gasteiger partial charge in [-0.3, -0.25) is 0 Å². The minimum Gasteiger partial charge on any atom is -0.341 e. The number of alkyl halides is 3. The maximum atomic E-state index is 13.2. The number of nitriles is 2. The topological polar surface area (TPSA) is 50.8 Å². The van der Waals surface area contributed by atoms with Crippen LogP contribution in [0.2, 0.25) is 0 Å². The molecule has 0 radical (unpaired) electrons. The molecule has 3 nitrogen and oxygen atoms in total. The molecule has 0 saturated heterocycles. The lowest BCUT2D eigenvalue weighted by molar-refractivity contribution is -0.0885. The van der Waals surface area contributed by atoms with Crippen molar-refractivity contribution in [2.24, 2.45) is 0 Å². The Bertz CT molecular complexity index is 771. The van der Waals surface area contributed by atoms with Crippen LogP contribution in [-0.2, 0) is 0 Å². The zero-order chi connectivity index (χ0) is 17.0. The van der Waals surface area contributed by atoms with Crippen LogP contribution in [0.15, 0.2) is 53.3 Å². The normalized spacial score (nSPS) is 14.9. The molecule has 1 heterocycles. The van der Waals surface area contributed by atoms with Gasteiger partial charge in [0.2, 0.25) is 0 Å². The van der Waals surface area contributed by atoms with Gasteiger partial charge in [-0.2, -0.15) is 23.7 Å². The maximum absolute atomic E-state index is 13.2. The van der Waals surface area contributed by atoms with E-state index in [1.807, 2.05) is 25.1 Å². The van der Waals surface area contributed by atoms with Gasteiger partial charge in [0.05, 0.1) is 5.57 Å². The summed E-state index contributed by atoms with van der Waals surface area (Å²) in [4.78, 5) is 1.70. The van der Waals surface area contributed by atoms with Crippen molar-refractivity contribution in [3.63, 3.8) is 0 Å². The monoisotopic (exact) mass is 315 g/mol. The molecule has 0 amide bonds. The molecule has 0 aliphatic carbocycles. The van der Waals surface area contributed by atoms with E-state index in [9.17, 15) is 13.2 Å². The number of hydrogen-bond donors (Lipinski definition) is 0. The van der Waals surface area contributed by atoms with Crippen LogP contribution in [0, 0.1) is 22.7 Å². The number of nitrogens with zero attached hydrogens (tertiary/aromatic N) is 3. The Hall–Kier alpha value is -2.99. The number of hydrogen-bond acceptors (Lipinski definition) is 3. The van der Waals surface area contributed by atoms with Crippen LogP contribution in [0.4, 0.5) is 18.9 Å². The number of fused-ring (bicyclic) bond motifs is 1. The molecule has 0 aromatic heterocycles. The highest BCUT2D eigenvalue weighted by Crippen LogP contribution is 2.35. The molecule has 1 aliphatic rings. The largest absolute Gasteiger partial charge is 0.418 e. The molecule has 2 rings (SSSR count). The van der Waals surface area contributed by atoms with Gasteiger partial charge in [-0.25, -0.2) is 0 Å². The first-order chi connectivity index (χ1) is 10.9. The third kappa shape index (κ3) is 3.27. The van der Waals surface area contributed by atoms with Crippen LogP contribution >= 0.6 is 0 Å². The second-order valence-corrected chi connectivity index (χ2v) is 4.72. The van der Waals surface area contributed by atoms with E-state index in [0.29, 0.717) is 6.54 Å². The number of benzene rings is 1. The van der Waals surface area contributed by atoms with Gasteiger partial charge in [0.15, 0.2) is 0 Å². The van der Waals surface area contributed by atoms with E-state index in [2.05, 4.69) is 0 Å². The number of likely N-dealkylation sites (N-methyl/N-ethyl adjacent to an activating group) is 1. The number of anilines is 1. The van der Waals surface area contributed by atoms with Gasteiger partial charge in [-0.05, 0) is 30.7 Å². The standard InChI is InChI=1S/C17H12F3N3/c1-2-23-14(8-7-12-5-3-4-6-16(12)23)9-15(17(18,19)20)13(10-21)11-22/h3-9H,2H2,1H3/b14-9-. The van der Waals surface area contributed by atoms with E-state index in [-0.39, 0.29) is 5.70 Å². The fourth-order valence-electron chi connectivity index (χ4n) is 2.35. The van der Waals surface area contributed by atoms with Gasteiger partial charge in [0.25, 0.3) is 0 Å². The lowest BCUT2D eigenvalue weighted by Crippen LogP contribution is -2.25. The summed E-state index contributed by atoms with van der Waals surface area (Å²) in [6.07, 6.45) is -0.681. The molecule has 1 aromatic rings. The SMILES string of the molecule is CCN1/C(=C\C(=C(C#N)C#N)C(F)(F)F)C=Cc2ccccc21. The highest BCUT2D eigenvalue weighted by Gasteiger charge is 2.36. The fourth-order valence-corrected chi connectivity index (χ4v) is 2.35. The van der Waals surface area contributed by atoms with Crippen molar-refractivity contribution < 1.29 is 13.2 Å². The Labute approximate surface area is 131 Å². The van der Waals surface area contributed by atoms with E-state index < -0.39 is 17.3 Å². The van der Waals surface area contributed by atoms with Crippen molar-refractivity contribution >= 4 is 11.8 Å². The molecule has 0 bridgehead atoms. The van der Waals surface area contributed by atoms with Gasteiger partial charge >= 0.3 is 6.18 Å². The Balaban J connectivity index is 2.61. The van der Waals surface area contributed by atoms with Crippen LogP contribution in [-0.4, -0.2) is 12.7 Å². The fraction of sp³-hybridized carbons (Fsp3) is 0.176. The zero-order valence-electron chi connectivity index (χ0n) is 12.2. The highest BCUT2D eigenvalue weighted by molar-refractivity contribution is 5.77. The third-order valence-corrected chi connectivity index (χ3v) is 3.38. The predicted octanol–water partition coefficient (Wildman–Crippen LogP) is 4.33. The number of halogens is 3. The first kappa shape index (κ1) is 16.4. The van der Waals surface area contributed by atoms with Crippen LogP contribution in [0.1, 0.15) is 12.5 Å². The zero-order valence-corrected chi connectivity index (χ0v) is 12.2. The summed E-state index contributed by atoms with van der Waals surface area (Å²) in [7, 11) is 0. The number of allylic oxidation sites excluding steroid dienone is 4. The average Bonchev–Trinajstić information content (AvgIpc) is 2.53. The number of para-hydroxylation sites is 1. The molecule has 1 aliphatic heterocycles. The lowest BCUT2D eigenvalue weighted by Gasteiger charge is -2.29. The summed E-state index contributed by atoms with van der Waals surface area (Å²) in [5.74, 6) is 0. The Kier molecular flexibility index (Phi) is 4.57. The van der Waals surface area contributed by atoms with E-state index in [1.54, 1.807) is 23.1 Å². The van der Waals surface area contributed by atoms with E-state index in [0.717, 1.165) is 17.3 Å². The van der Waals surface area contributed by atoms with E-state index in [4.69, 9.17) is 10.5 Å². The summed E-state index contributed by atoms with van der Waals surface area (Å²) in [5.41, 5.74) is -0.236. The third-order valence-electron chi connectivity index (χ3n) is 3.38. The van der Waals surface area contributed by atoms with Crippen LogP contribution in [0.25, 0.3) is 6.08 Å². The lowest BCUT2D eigenvalue weighted by atomic mass is 10.0. The quantitative estimate of drug-likeness (QED) is 0.763. The average molecular weight is 315 g/mol. The van der Waals surface area contributed by atoms with E-state index in [1.165, 1.54) is 12.1 Å². The van der Waals surface area contributed by atoms with Crippen molar-refractivity contribution in [3.05, 3.63) is 58.8 Å². The van der Waals surface area contributed by atoms with Gasteiger partial charge in [-0.1, -0.05) is 24.3 Å². The molecule has 0 unspecified atom stereocenters. The molecule has 6 heteroatoms. The summed E-state index contributed by atoms with van der Waals surface area (Å²) in [6.45, 7) is 2.27. The molecule has 23 heavy (non-hydrogen) atoms. The molecule has 0 spiro atoms. The minimum absolute atomic E-state index is 0.279. The smallest absolute Gasteiger partial charge is 0.341 e. The van der Waals surface area contributed by atoms with Crippen molar-refractivity contribution in [2.45, 2.75) is 13.1 Å². The van der Waals surface area contributed by atoms with Crippen molar-refractivity contribution in [3.8, 4) is 12.1 Å². The van der Waals surface area contributed by atoms with Crippen LogP contribution in [0.5, 0.6) is 0 Å². The molecule has 0 saturated carbocycles. The van der Waals surface area contributed by atoms with Crippen LogP contribution in [0.3, 0.4) is 0 Å². The van der Waals surface area contributed by atoms with Gasteiger partial charge < -0.3 is 4.90 Å². The van der Waals surface area contributed by atoms with Gasteiger partial charge in [-0.15, -0.1) is 0 Å². The molecule has 116 valence electrons. The molecule has 0 atom stereocenters. The summed E-state index contributed by atoms with van der Waals surface area (Å²) >= 11 is 0. The molecule has 0 N–H and O–H groups in total. The summed E-state index contributed by atoms with van der Waals surface area (Å²) < 4.78 is 39.5. The van der Waals surface area contributed by atoms with Gasteiger partial charge in [0.1, 0.15) is 17.7 Å². The molecule has 0 fully saturated rings. The molecular formula is C17H12F3N3. The first-order valence-electron chi connectivity index (χ1n) is 6.80. The van der Waals surface area contributed by atoms with Crippen molar-refractivity contribution in [1.82, 2.24) is 0 Å². The summed E-state index contributed by atoms with van der Waals surface area (Å²) in [5, 5.41) is 17.6. The van der Waals surface area contributed by atoms with E-state index >= 15 is 0 Å². The number of rotatable bonds is 2. The Morgan fingerprint density at radius 1 is 1.17 bits per heavy atom. The molecule has 1 aromatic carbocycles. The second kappa shape index (κ2) is 6.41. The molecular weight excluding hydrogens is 303 g/mol. The highest BCUT2D eigenvalue weighted by atomic mass is 19.4. The Morgan fingerprint density at radius 2 is 1.83 bits per heavy atom. The van der Waals surface area contributed by atoms with Gasteiger partial charge in [0, 0.05) is 17.9 Å². The second-order valence-electron chi connectivity index (χ2n) is 4.72.